The van der Waals surface area contributed by atoms with Crippen LogP contribution in [-0.4, -0.2) is 21.8 Å². The van der Waals surface area contributed by atoms with E-state index in [-0.39, 0.29) is 17.5 Å². The van der Waals surface area contributed by atoms with Crippen molar-refractivity contribution in [2.24, 2.45) is 33.9 Å². The van der Waals surface area contributed by atoms with Crippen molar-refractivity contribution in [3.05, 3.63) is 22.7 Å². The Kier molecular flexibility index (Phi) is 3.60. The first-order valence-corrected chi connectivity index (χ1v) is 10.2. The second-order valence-corrected chi connectivity index (χ2v) is 8.68. The molecule has 0 radical (unpaired) electrons. The number of aryl methyl sites for hydroxylation is 1. The number of nitrogens with zero attached hydrogens (tertiary/aromatic N) is 3. The number of carbonyl (C=O) groups excluding carboxylic acids is 1. The molecule has 5 aliphatic rings. The normalized spacial score (nSPS) is 38.3. The van der Waals surface area contributed by atoms with Crippen molar-refractivity contribution >= 4 is 22.4 Å². The molecule has 4 saturated carbocycles. The number of carbonyl (C=O) groups is 1. The number of hydrogen-bond donors (Lipinski definition) is 1. The van der Waals surface area contributed by atoms with Crippen LogP contribution in [-0.2, 0) is 20.7 Å². The standard InChI is InChI=1S/C18H21N3O4S/c1-2-13-8-26-17(19-13)21-20-14-15(22)24-18(25-16(14)23)11-4-9-3-10(6-11)7-12(18)5-9/h8-12,22H,2-7H2,1H3. The van der Waals surface area contributed by atoms with Crippen LogP contribution in [0.2, 0.25) is 0 Å². The van der Waals surface area contributed by atoms with Gasteiger partial charge in [-0.25, -0.2) is 9.78 Å². The Morgan fingerprint density at radius 3 is 2.46 bits per heavy atom. The second-order valence-electron chi connectivity index (χ2n) is 7.85. The van der Waals surface area contributed by atoms with E-state index in [2.05, 4.69) is 15.2 Å². The summed E-state index contributed by atoms with van der Waals surface area (Å²) in [6, 6.07) is 0. The molecular weight excluding hydrogens is 354 g/mol. The van der Waals surface area contributed by atoms with Crippen molar-refractivity contribution in [2.75, 3.05) is 0 Å². The Balaban J connectivity index is 1.41. The Morgan fingerprint density at radius 1 is 1.19 bits per heavy atom. The van der Waals surface area contributed by atoms with E-state index in [1.54, 1.807) is 0 Å². The molecule has 0 atom stereocenters. The molecule has 0 unspecified atom stereocenters. The van der Waals surface area contributed by atoms with E-state index in [9.17, 15) is 9.90 Å². The Hall–Kier alpha value is -1.96. The third-order valence-corrected chi connectivity index (χ3v) is 7.09. The lowest BCUT2D eigenvalue weighted by Crippen LogP contribution is -2.62. The maximum atomic E-state index is 12.6. The van der Waals surface area contributed by atoms with E-state index in [0.29, 0.717) is 17.0 Å². The predicted octanol–water partition coefficient (Wildman–Crippen LogP) is 4.24. The largest absolute Gasteiger partial charge is 0.479 e. The molecule has 26 heavy (non-hydrogen) atoms. The molecule has 1 aromatic rings. The number of aliphatic hydroxyl groups excluding tert-OH is 1. The zero-order valence-corrected chi connectivity index (χ0v) is 15.4. The van der Waals surface area contributed by atoms with Gasteiger partial charge in [-0.15, -0.1) is 21.6 Å². The van der Waals surface area contributed by atoms with Gasteiger partial charge >= 0.3 is 11.9 Å². The highest BCUT2D eigenvalue weighted by molar-refractivity contribution is 7.13. The van der Waals surface area contributed by atoms with Crippen molar-refractivity contribution < 1.29 is 19.4 Å². The molecule has 1 aliphatic heterocycles. The lowest BCUT2D eigenvalue weighted by atomic mass is 9.53. The van der Waals surface area contributed by atoms with E-state index < -0.39 is 17.7 Å². The van der Waals surface area contributed by atoms with Gasteiger partial charge in [-0.1, -0.05) is 6.92 Å². The number of azo groups is 1. The molecule has 0 saturated heterocycles. The van der Waals surface area contributed by atoms with Crippen LogP contribution in [0.5, 0.6) is 0 Å². The minimum Gasteiger partial charge on any atom is -0.479 e. The molecule has 6 rings (SSSR count). The van der Waals surface area contributed by atoms with Gasteiger partial charge in [0.25, 0.3) is 11.5 Å². The summed E-state index contributed by atoms with van der Waals surface area (Å²) in [5.41, 5.74) is 0.634. The summed E-state index contributed by atoms with van der Waals surface area (Å²) in [6.07, 6.45) is 6.10. The highest BCUT2D eigenvalue weighted by atomic mass is 32.1. The molecule has 0 amide bonds. The smallest absolute Gasteiger partial charge is 0.369 e. The number of esters is 1. The summed E-state index contributed by atoms with van der Waals surface area (Å²) in [6.45, 7) is 2.00. The van der Waals surface area contributed by atoms with Gasteiger partial charge < -0.3 is 14.6 Å². The molecular formula is C18H21N3O4S. The highest BCUT2D eigenvalue weighted by Crippen LogP contribution is 2.61. The maximum Gasteiger partial charge on any atom is 0.369 e. The fourth-order valence-corrected chi connectivity index (χ4v) is 6.07. The molecule has 138 valence electrons. The predicted molar refractivity (Wildman–Crippen MR) is 92.6 cm³/mol. The van der Waals surface area contributed by atoms with Gasteiger partial charge in [0.15, 0.2) is 0 Å². The van der Waals surface area contributed by atoms with Crippen LogP contribution in [0.1, 0.15) is 44.7 Å². The van der Waals surface area contributed by atoms with Crippen molar-refractivity contribution in [1.82, 2.24) is 4.98 Å². The van der Waals surface area contributed by atoms with Crippen LogP contribution < -0.4 is 0 Å². The fraction of sp³-hybridized carbons (Fsp3) is 0.667. The maximum absolute atomic E-state index is 12.6. The van der Waals surface area contributed by atoms with Gasteiger partial charge in [0.05, 0.1) is 5.69 Å². The molecule has 4 bridgehead atoms. The zero-order chi connectivity index (χ0) is 17.9. The molecule has 1 spiro atoms. The van der Waals surface area contributed by atoms with Crippen LogP contribution in [0.25, 0.3) is 0 Å². The summed E-state index contributed by atoms with van der Waals surface area (Å²) < 4.78 is 11.7. The Labute approximate surface area is 155 Å². The van der Waals surface area contributed by atoms with Crippen LogP contribution in [0.3, 0.4) is 0 Å². The summed E-state index contributed by atoms with van der Waals surface area (Å²) >= 11 is 1.34. The van der Waals surface area contributed by atoms with Crippen LogP contribution in [0.15, 0.2) is 27.3 Å². The van der Waals surface area contributed by atoms with Gasteiger partial charge in [-0.2, -0.15) is 0 Å². The summed E-state index contributed by atoms with van der Waals surface area (Å²) in [5.74, 6) is -0.402. The van der Waals surface area contributed by atoms with Crippen molar-refractivity contribution in [3.8, 4) is 0 Å². The van der Waals surface area contributed by atoms with Crippen molar-refractivity contribution in [1.29, 1.82) is 0 Å². The Bertz CT molecular complexity index is 787. The summed E-state index contributed by atoms with van der Waals surface area (Å²) in [4.78, 5) is 16.9. The molecule has 7 nitrogen and oxygen atoms in total. The second kappa shape index (κ2) is 5.77. The van der Waals surface area contributed by atoms with E-state index in [0.717, 1.165) is 37.8 Å². The molecule has 8 heteroatoms. The summed E-state index contributed by atoms with van der Waals surface area (Å²) in [5, 5.41) is 20.5. The quantitative estimate of drug-likeness (QED) is 0.630. The number of rotatable bonds is 3. The first-order valence-electron chi connectivity index (χ1n) is 9.29. The van der Waals surface area contributed by atoms with Crippen LogP contribution in [0.4, 0.5) is 5.13 Å². The van der Waals surface area contributed by atoms with Gasteiger partial charge in [-0.05, 0) is 50.4 Å². The molecule has 4 aliphatic carbocycles. The SMILES string of the molecule is CCc1csc(N=NC2=C(O)OC3(OC2=O)C2CC4CC(C2)CC3C4)n1. The first-order chi connectivity index (χ1) is 12.6. The number of thiazole rings is 1. The highest BCUT2D eigenvalue weighted by Gasteiger charge is 2.64. The zero-order valence-electron chi connectivity index (χ0n) is 14.6. The number of ether oxygens (including phenoxy) is 2. The average Bonchev–Trinajstić information content (AvgIpc) is 3.06. The molecule has 4 fully saturated rings. The topological polar surface area (TPSA) is 93.4 Å². The third-order valence-electron chi connectivity index (χ3n) is 6.32. The molecule has 2 heterocycles. The molecule has 1 aromatic heterocycles. The van der Waals surface area contributed by atoms with Gasteiger partial charge in [-0.3, -0.25) is 0 Å². The number of hydrogen-bond acceptors (Lipinski definition) is 8. The van der Waals surface area contributed by atoms with Crippen molar-refractivity contribution in [2.45, 2.75) is 51.2 Å². The van der Waals surface area contributed by atoms with E-state index in [4.69, 9.17) is 9.47 Å². The fourth-order valence-electron chi connectivity index (χ4n) is 5.36. The lowest BCUT2D eigenvalue weighted by molar-refractivity contribution is -0.325. The van der Waals surface area contributed by atoms with Gasteiger partial charge in [0, 0.05) is 17.2 Å². The average molecular weight is 375 g/mol. The van der Waals surface area contributed by atoms with E-state index in [1.165, 1.54) is 17.8 Å². The minimum absolute atomic E-state index is 0.161. The monoisotopic (exact) mass is 375 g/mol. The Morgan fingerprint density at radius 2 is 1.88 bits per heavy atom. The van der Waals surface area contributed by atoms with Gasteiger partial charge in [0.1, 0.15) is 0 Å². The first kappa shape index (κ1) is 16.2. The molecule has 1 N–H and O–H groups in total. The van der Waals surface area contributed by atoms with Crippen molar-refractivity contribution in [3.63, 3.8) is 0 Å². The number of aliphatic hydroxyl groups is 1. The number of aromatic nitrogens is 1. The lowest BCUT2D eigenvalue weighted by Gasteiger charge is -2.59. The van der Waals surface area contributed by atoms with Gasteiger partial charge in [0.2, 0.25) is 5.13 Å². The van der Waals surface area contributed by atoms with Crippen LogP contribution in [0, 0.1) is 23.7 Å². The van der Waals surface area contributed by atoms with Crippen LogP contribution >= 0.6 is 11.3 Å². The minimum atomic E-state index is -1.01. The summed E-state index contributed by atoms with van der Waals surface area (Å²) in [7, 11) is 0. The van der Waals surface area contributed by atoms with E-state index >= 15 is 0 Å². The van der Waals surface area contributed by atoms with E-state index in [1.807, 2.05) is 12.3 Å². The molecule has 0 aromatic carbocycles. The third kappa shape index (κ3) is 2.38.